The molecule has 3 aromatic carbocycles. The second kappa shape index (κ2) is 10.5. The summed E-state index contributed by atoms with van der Waals surface area (Å²) >= 11 is 3.43. The van der Waals surface area contributed by atoms with Gasteiger partial charge in [-0.05, 0) is 78.6 Å². The number of benzene rings is 3. The number of allylic oxidation sites excluding steroid dienone is 2. The van der Waals surface area contributed by atoms with Gasteiger partial charge in [0.05, 0.1) is 39.2 Å². The van der Waals surface area contributed by atoms with Crippen LogP contribution in [0.1, 0.15) is 27.1 Å². The van der Waals surface area contributed by atoms with Gasteiger partial charge in [-0.2, -0.15) is 0 Å². The summed E-state index contributed by atoms with van der Waals surface area (Å²) < 4.78 is 6.12. The molecule has 4 aromatic rings. The van der Waals surface area contributed by atoms with Gasteiger partial charge in [0.1, 0.15) is 0 Å². The highest BCUT2D eigenvalue weighted by Crippen LogP contribution is 2.65. The Morgan fingerprint density at radius 3 is 2.20 bits per heavy atom. The molecule has 0 N–H and O–H groups in total. The van der Waals surface area contributed by atoms with Crippen molar-refractivity contribution in [2.24, 2.45) is 35.5 Å². The Balaban J connectivity index is 1.05. The van der Waals surface area contributed by atoms with Crippen LogP contribution in [0.25, 0.3) is 22.2 Å². The molecule has 2 saturated carbocycles. The second-order valence-corrected chi connectivity index (χ2v) is 13.1. The molecular formula is C35H24BrN3O7. The van der Waals surface area contributed by atoms with Crippen molar-refractivity contribution < 1.29 is 28.8 Å². The van der Waals surface area contributed by atoms with Gasteiger partial charge in [0, 0.05) is 33.1 Å². The summed E-state index contributed by atoms with van der Waals surface area (Å²) in [6.45, 7) is -0.558. The van der Waals surface area contributed by atoms with E-state index in [1.807, 2.05) is 0 Å². The first-order chi connectivity index (χ1) is 22.2. The second-order valence-electron chi connectivity index (χ2n) is 12.2. The number of nitro groups is 1. The van der Waals surface area contributed by atoms with Crippen molar-refractivity contribution in [1.82, 2.24) is 4.98 Å². The van der Waals surface area contributed by atoms with Crippen LogP contribution in [-0.2, 0) is 14.3 Å². The number of esters is 1. The molecule has 1 aromatic heterocycles. The number of amides is 2. The van der Waals surface area contributed by atoms with Crippen molar-refractivity contribution in [2.45, 2.75) is 6.42 Å². The summed E-state index contributed by atoms with van der Waals surface area (Å²) in [5.41, 5.74) is 2.37. The largest absolute Gasteiger partial charge is 0.454 e. The average Bonchev–Trinajstić information content (AvgIpc) is 3.85. The minimum Gasteiger partial charge on any atom is -0.454 e. The Morgan fingerprint density at radius 2 is 1.57 bits per heavy atom. The number of halogens is 1. The maximum atomic E-state index is 13.5. The highest BCUT2D eigenvalue weighted by molar-refractivity contribution is 9.10. The number of ether oxygens (including phenoxy) is 1. The van der Waals surface area contributed by atoms with E-state index in [2.05, 4.69) is 28.1 Å². The topological polar surface area (TPSA) is 137 Å². The molecule has 1 saturated heterocycles. The van der Waals surface area contributed by atoms with E-state index in [4.69, 9.17) is 9.72 Å². The van der Waals surface area contributed by atoms with Gasteiger partial charge >= 0.3 is 5.97 Å². The number of hydrogen-bond donors (Lipinski definition) is 0. The van der Waals surface area contributed by atoms with Crippen molar-refractivity contribution in [2.75, 3.05) is 11.5 Å². The maximum Gasteiger partial charge on any atom is 0.339 e. The van der Waals surface area contributed by atoms with E-state index in [9.17, 15) is 29.3 Å². The molecular weight excluding hydrogens is 654 g/mol. The number of nitro benzene ring substituents is 1. The van der Waals surface area contributed by atoms with Crippen LogP contribution < -0.4 is 4.90 Å². The highest BCUT2D eigenvalue weighted by Gasteiger charge is 2.67. The normalized spacial score (nSPS) is 25.4. The molecule has 1 aliphatic heterocycles. The van der Waals surface area contributed by atoms with E-state index in [1.54, 1.807) is 48.5 Å². The number of non-ortho nitro benzene ring substituents is 1. The first-order valence-corrected chi connectivity index (χ1v) is 15.7. The molecule has 0 radical (unpaired) electrons. The zero-order chi connectivity index (χ0) is 31.9. The van der Waals surface area contributed by atoms with Crippen molar-refractivity contribution >= 4 is 61.8 Å². The number of pyridine rings is 1. The monoisotopic (exact) mass is 677 g/mol. The number of carbonyl (C=O) groups is 4. The standard InChI is InChI=1S/C35H24BrN3O7/c36-19-5-12-28-26(13-19)27(35(43)46-16-30(40)18-3-8-21(9-4-18)39(44)45)15-29(37-28)17-1-6-20(7-2-17)38-33(41)31-22-10-11-23(25-14-24(22)25)32(31)34(38)42/h1-13,15,22-25,31-32H,14,16H2. The molecule has 2 amide bonds. The number of ketones is 1. The fourth-order valence-corrected chi connectivity index (χ4v) is 7.93. The van der Waals surface area contributed by atoms with Gasteiger partial charge in [-0.3, -0.25) is 29.4 Å². The Bertz CT molecular complexity index is 2010. The smallest absolute Gasteiger partial charge is 0.339 e. The average molecular weight is 678 g/mol. The third-order valence-corrected chi connectivity index (χ3v) is 10.3. The fraction of sp³-hybridized carbons (Fsp3) is 0.229. The van der Waals surface area contributed by atoms with E-state index >= 15 is 0 Å². The summed E-state index contributed by atoms with van der Waals surface area (Å²) in [5, 5.41) is 11.4. The summed E-state index contributed by atoms with van der Waals surface area (Å²) in [6, 6.07) is 18.9. The third kappa shape index (κ3) is 4.48. The SMILES string of the molecule is O=C(COC(=O)c1cc(-c2ccc(N3C(=O)C4C5C=CC(C6CC56)C4C3=O)cc2)nc2ccc(Br)cc12)c1ccc([N+](=O)[O-])cc1. The van der Waals surface area contributed by atoms with E-state index in [0.29, 0.717) is 39.7 Å². The van der Waals surface area contributed by atoms with Gasteiger partial charge < -0.3 is 4.74 Å². The van der Waals surface area contributed by atoms with Crippen LogP contribution in [0.4, 0.5) is 11.4 Å². The molecule has 6 atom stereocenters. The summed E-state index contributed by atoms with van der Waals surface area (Å²) in [6.07, 6.45) is 5.40. The van der Waals surface area contributed by atoms with Crippen molar-refractivity contribution in [3.8, 4) is 11.3 Å². The van der Waals surface area contributed by atoms with Gasteiger partial charge in [-0.25, -0.2) is 9.78 Å². The molecule has 9 rings (SSSR count). The molecule has 11 heteroatoms. The van der Waals surface area contributed by atoms with E-state index in [0.717, 1.165) is 10.9 Å². The van der Waals surface area contributed by atoms with Crippen LogP contribution >= 0.6 is 15.9 Å². The first-order valence-electron chi connectivity index (χ1n) is 14.9. The zero-order valence-corrected chi connectivity index (χ0v) is 25.6. The van der Waals surface area contributed by atoms with Crippen LogP contribution in [0.5, 0.6) is 0 Å². The number of rotatable bonds is 7. The number of imide groups is 1. The molecule has 5 aliphatic rings. The molecule has 2 bridgehead atoms. The Kier molecular flexibility index (Phi) is 6.50. The Labute approximate surface area is 270 Å². The van der Waals surface area contributed by atoms with Crippen molar-refractivity contribution in [3.63, 3.8) is 0 Å². The van der Waals surface area contributed by atoms with E-state index < -0.39 is 23.3 Å². The van der Waals surface area contributed by atoms with Gasteiger partial charge in [-0.1, -0.05) is 40.2 Å². The zero-order valence-electron chi connectivity index (χ0n) is 24.0. The molecule has 46 heavy (non-hydrogen) atoms. The van der Waals surface area contributed by atoms with Crippen molar-refractivity contribution in [1.29, 1.82) is 0 Å². The molecule has 3 fully saturated rings. The minimum absolute atomic E-state index is 0.129. The molecule has 4 aliphatic carbocycles. The van der Waals surface area contributed by atoms with Crippen LogP contribution in [-0.4, -0.2) is 40.1 Å². The molecule has 2 heterocycles. The number of anilines is 1. The molecule has 6 unspecified atom stereocenters. The maximum absolute atomic E-state index is 13.5. The first kappa shape index (κ1) is 28.4. The molecule has 0 spiro atoms. The molecule has 10 nitrogen and oxygen atoms in total. The Hall–Kier alpha value is -5.03. The summed E-state index contributed by atoms with van der Waals surface area (Å²) in [7, 11) is 0. The number of nitrogens with zero attached hydrogens (tertiary/aromatic N) is 3. The lowest BCUT2D eigenvalue weighted by Crippen LogP contribution is -2.40. The number of fused-ring (bicyclic) bond motifs is 1. The van der Waals surface area contributed by atoms with Crippen LogP contribution in [0.3, 0.4) is 0 Å². The van der Waals surface area contributed by atoms with Crippen LogP contribution in [0.2, 0.25) is 0 Å². The van der Waals surface area contributed by atoms with Crippen LogP contribution in [0, 0.1) is 45.6 Å². The lowest BCUT2D eigenvalue weighted by Gasteiger charge is -2.37. The number of hydrogen-bond acceptors (Lipinski definition) is 8. The van der Waals surface area contributed by atoms with Gasteiger partial charge in [0.2, 0.25) is 11.8 Å². The lowest BCUT2D eigenvalue weighted by atomic mass is 9.63. The van der Waals surface area contributed by atoms with Gasteiger partial charge in [0.15, 0.2) is 12.4 Å². The van der Waals surface area contributed by atoms with Gasteiger partial charge in [0.25, 0.3) is 5.69 Å². The minimum atomic E-state index is -0.740. The predicted molar refractivity (Wildman–Crippen MR) is 170 cm³/mol. The van der Waals surface area contributed by atoms with Crippen LogP contribution in [0.15, 0.2) is 89.4 Å². The van der Waals surface area contributed by atoms with Crippen molar-refractivity contribution in [3.05, 3.63) is 111 Å². The van der Waals surface area contributed by atoms with Gasteiger partial charge in [-0.15, -0.1) is 0 Å². The number of aromatic nitrogens is 1. The highest BCUT2D eigenvalue weighted by atomic mass is 79.9. The fourth-order valence-electron chi connectivity index (χ4n) is 7.57. The number of Topliss-reactive ketones (excluding diaryl/α,β-unsaturated/α-hetero) is 1. The quantitative estimate of drug-likeness (QED) is 0.0566. The third-order valence-electron chi connectivity index (χ3n) is 9.81. The number of carbonyl (C=O) groups excluding carboxylic acids is 4. The summed E-state index contributed by atoms with van der Waals surface area (Å²) in [4.78, 5) is 69.5. The Morgan fingerprint density at radius 1 is 0.913 bits per heavy atom. The van der Waals surface area contributed by atoms with E-state index in [1.165, 1.54) is 29.2 Å². The molecule has 228 valence electrons. The van der Waals surface area contributed by atoms with E-state index in [-0.39, 0.29) is 52.3 Å². The summed E-state index contributed by atoms with van der Waals surface area (Å²) in [5.74, 6) is -0.740. The lowest BCUT2D eigenvalue weighted by molar-refractivity contribution is -0.384. The predicted octanol–water partition coefficient (Wildman–Crippen LogP) is 6.17.